The molecule has 6 nitrogen and oxygen atoms in total. The number of nitrogens with two attached hydrogens (primary N) is 1. The van der Waals surface area contributed by atoms with Gasteiger partial charge in [-0.1, -0.05) is 6.07 Å². The summed E-state index contributed by atoms with van der Waals surface area (Å²) in [5.41, 5.74) is 11.3. The molecular formula is C20H13FN6. The molecule has 0 aliphatic carbocycles. The predicted octanol–water partition coefficient (Wildman–Crippen LogP) is 3.96. The molecule has 0 radical (unpaired) electrons. The molecule has 3 N–H and O–H groups in total. The van der Waals surface area contributed by atoms with Crippen LogP contribution >= 0.6 is 0 Å². The second kappa shape index (κ2) is 5.84. The average molecular weight is 356 g/mol. The van der Waals surface area contributed by atoms with Crippen molar-refractivity contribution in [3.63, 3.8) is 0 Å². The molecule has 7 heteroatoms. The molecule has 0 fully saturated rings. The Morgan fingerprint density at radius 2 is 1.63 bits per heavy atom. The molecule has 0 saturated heterocycles. The van der Waals surface area contributed by atoms with Gasteiger partial charge < -0.3 is 5.73 Å². The third-order valence-corrected chi connectivity index (χ3v) is 4.49. The molecular weight excluding hydrogens is 343 g/mol. The molecule has 0 unspecified atom stereocenters. The zero-order valence-electron chi connectivity index (χ0n) is 14.0. The standard InChI is InChI=1S/C20H13FN6/c21-14-4-1-11(2-5-14)17-16(12-3-6-15-13(9-12)10-25-27-15)18-19(20(22)26-17)24-8-7-23-18/h1-10H,(H2,22,26)(H,25,27). The van der Waals surface area contributed by atoms with Gasteiger partial charge in [-0.05, 0) is 42.0 Å². The van der Waals surface area contributed by atoms with Crippen molar-refractivity contribution in [1.29, 1.82) is 0 Å². The van der Waals surface area contributed by atoms with Gasteiger partial charge in [0.25, 0.3) is 0 Å². The van der Waals surface area contributed by atoms with E-state index in [9.17, 15) is 4.39 Å². The Labute approximate surface area is 152 Å². The third-order valence-electron chi connectivity index (χ3n) is 4.49. The molecule has 0 amide bonds. The van der Waals surface area contributed by atoms with Crippen molar-refractivity contribution in [1.82, 2.24) is 25.1 Å². The van der Waals surface area contributed by atoms with Gasteiger partial charge in [0.1, 0.15) is 16.9 Å². The lowest BCUT2D eigenvalue weighted by Crippen LogP contribution is -2.01. The number of nitrogens with one attached hydrogen (secondary N) is 1. The number of H-pyrrole nitrogens is 1. The average Bonchev–Trinajstić information content (AvgIpc) is 3.16. The highest BCUT2D eigenvalue weighted by molar-refractivity contribution is 6.04. The number of anilines is 1. The molecule has 0 aliphatic heterocycles. The fourth-order valence-corrected chi connectivity index (χ4v) is 3.24. The summed E-state index contributed by atoms with van der Waals surface area (Å²) in [4.78, 5) is 13.4. The number of hydrogen-bond acceptors (Lipinski definition) is 5. The van der Waals surface area contributed by atoms with E-state index in [0.29, 0.717) is 16.7 Å². The summed E-state index contributed by atoms with van der Waals surface area (Å²) in [6.07, 6.45) is 4.96. The minimum Gasteiger partial charge on any atom is -0.382 e. The van der Waals surface area contributed by atoms with Gasteiger partial charge in [-0.2, -0.15) is 5.10 Å². The normalized spacial score (nSPS) is 11.3. The number of halogens is 1. The Morgan fingerprint density at radius 1 is 0.889 bits per heavy atom. The van der Waals surface area contributed by atoms with Crippen molar-refractivity contribution in [2.45, 2.75) is 0 Å². The highest BCUT2D eigenvalue weighted by Crippen LogP contribution is 2.38. The lowest BCUT2D eigenvalue weighted by atomic mass is 9.96. The number of fused-ring (bicyclic) bond motifs is 2. The molecule has 0 aliphatic rings. The number of aromatic nitrogens is 5. The minimum atomic E-state index is -0.311. The Morgan fingerprint density at radius 3 is 2.44 bits per heavy atom. The largest absolute Gasteiger partial charge is 0.382 e. The van der Waals surface area contributed by atoms with E-state index < -0.39 is 0 Å². The third kappa shape index (κ3) is 2.48. The summed E-state index contributed by atoms with van der Waals surface area (Å²) < 4.78 is 13.4. The number of rotatable bonds is 2. The first-order valence-corrected chi connectivity index (χ1v) is 8.30. The summed E-state index contributed by atoms with van der Waals surface area (Å²) in [6.45, 7) is 0. The van der Waals surface area contributed by atoms with E-state index in [2.05, 4.69) is 25.1 Å². The fraction of sp³-hybridized carbons (Fsp3) is 0. The molecule has 5 rings (SSSR count). The first-order chi connectivity index (χ1) is 13.2. The number of benzene rings is 2. The van der Waals surface area contributed by atoms with E-state index >= 15 is 0 Å². The Hall–Kier alpha value is -3.87. The second-order valence-electron chi connectivity index (χ2n) is 6.15. The summed E-state index contributed by atoms with van der Waals surface area (Å²) in [7, 11) is 0. The number of hydrogen-bond donors (Lipinski definition) is 2. The number of nitrogens with zero attached hydrogens (tertiary/aromatic N) is 4. The zero-order valence-corrected chi connectivity index (χ0v) is 14.0. The smallest absolute Gasteiger partial charge is 0.152 e. The zero-order chi connectivity index (χ0) is 18.4. The molecule has 0 bridgehead atoms. The van der Waals surface area contributed by atoms with Crippen LogP contribution in [0.3, 0.4) is 0 Å². The van der Waals surface area contributed by atoms with Gasteiger partial charge in [-0.25, -0.2) is 14.4 Å². The second-order valence-corrected chi connectivity index (χ2v) is 6.15. The van der Waals surface area contributed by atoms with Crippen LogP contribution in [-0.4, -0.2) is 25.1 Å². The molecule has 130 valence electrons. The fourth-order valence-electron chi connectivity index (χ4n) is 3.24. The SMILES string of the molecule is Nc1nc(-c2ccc(F)cc2)c(-c2ccc3[nH]ncc3c2)c2nccnc12. The van der Waals surface area contributed by atoms with Crippen LogP contribution in [0.2, 0.25) is 0 Å². The van der Waals surface area contributed by atoms with Crippen LogP contribution in [0, 0.1) is 5.82 Å². The van der Waals surface area contributed by atoms with Gasteiger partial charge in [0.05, 0.1) is 17.4 Å². The Bertz CT molecular complexity index is 1290. The van der Waals surface area contributed by atoms with E-state index in [1.807, 2.05) is 18.2 Å². The summed E-state index contributed by atoms with van der Waals surface area (Å²) in [5, 5.41) is 7.98. The van der Waals surface area contributed by atoms with Gasteiger partial charge in [0.2, 0.25) is 0 Å². The van der Waals surface area contributed by atoms with Crippen molar-refractivity contribution in [2.75, 3.05) is 5.73 Å². The van der Waals surface area contributed by atoms with Crippen molar-refractivity contribution < 1.29 is 4.39 Å². The van der Waals surface area contributed by atoms with Crippen molar-refractivity contribution in [2.24, 2.45) is 0 Å². The van der Waals surface area contributed by atoms with Crippen LogP contribution < -0.4 is 5.73 Å². The molecule has 3 heterocycles. The first kappa shape index (κ1) is 15.4. The monoisotopic (exact) mass is 356 g/mol. The molecule has 5 aromatic rings. The van der Waals surface area contributed by atoms with E-state index in [-0.39, 0.29) is 11.6 Å². The minimum absolute atomic E-state index is 0.283. The summed E-state index contributed by atoms with van der Waals surface area (Å²) in [5.74, 6) is -0.0285. The number of pyridine rings is 1. The van der Waals surface area contributed by atoms with Crippen LogP contribution in [0.15, 0.2) is 61.1 Å². The summed E-state index contributed by atoms with van der Waals surface area (Å²) >= 11 is 0. The quantitative estimate of drug-likeness (QED) is 0.499. The van der Waals surface area contributed by atoms with E-state index in [1.54, 1.807) is 30.7 Å². The molecule has 0 saturated carbocycles. The van der Waals surface area contributed by atoms with Crippen LogP contribution in [0.1, 0.15) is 0 Å². The lowest BCUT2D eigenvalue weighted by molar-refractivity contribution is 0.628. The molecule has 0 atom stereocenters. The maximum Gasteiger partial charge on any atom is 0.152 e. The van der Waals surface area contributed by atoms with Crippen LogP contribution in [0.5, 0.6) is 0 Å². The molecule has 0 spiro atoms. The highest BCUT2D eigenvalue weighted by Gasteiger charge is 2.18. The Balaban J connectivity index is 1.88. The molecule has 2 aromatic carbocycles. The van der Waals surface area contributed by atoms with Gasteiger partial charge >= 0.3 is 0 Å². The maximum atomic E-state index is 13.4. The van der Waals surface area contributed by atoms with Crippen molar-refractivity contribution in [3.8, 4) is 22.4 Å². The van der Waals surface area contributed by atoms with Gasteiger partial charge in [-0.3, -0.25) is 10.1 Å². The van der Waals surface area contributed by atoms with Crippen LogP contribution in [0.25, 0.3) is 44.3 Å². The Kier molecular flexibility index (Phi) is 3.33. The van der Waals surface area contributed by atoms with Gasteiger partial charge in [0.15, 0.2) is 5.82 Å². The van der Waals surface area contributed by atoms with Gasteiger partial charge in [-0.15, -0.1) is 0 Å². The number of aromatic amines is 1. The predicted molar refractivity (Wildman–Crippen MR) is 102 cm³/mol. The van der Waals surface area contributed by atoms with E-state index in [1.165, 1.54) is 12.1 Å². The van der Waals surface area contributed by atoms with Crippen molar-refractivity contribution >= 4 is 27.8 Å². The topological polar surface area (TPSA) is 93.4 Å². The van der Waals surface area contributed by atoms with E-state index in [4.69, 9.17) is 5.73 Å². The maximum absolute atomic E-state index is 13.4. The first-order valence-electron chi connectivity index (χ1n) is 8.30. The van der Waals surface area contributed by atoms with Crippen LogP contribution in [0.4, 0.5) is 10.2 Å². The lowest BCUT2D eigenvalue weighted by Gasteiger charge is -2.13. The number of nitrogen functional groups attached to an aromatic ring is 1. The van der Waals surface area contributed by atoms with E-state index in [0.717, 1.165) is 27.6 Å². The van der Waals surface area contributed by atoms with Crippen LogP contribution in [-0.2, 0) is 0 Å². The van der Waals surface area contributed by atoms with Gasteiger partial charge in [0, 0.05) is 28.9 Å². The molecule has 27 heavy (non-hydrogen) atoms. The highest BCUT2D eigenvalue weighted by atomic mass is 19.1. The summed E-state index contributed by atoms with van der Waals surface area (Å²) in [6, 6.07) is 12.1. The van der Waals surface area contributed by atoms with Crippen molar-refractivity contribution in [3.05, 3.63) is 66.9 Å². The molecule has 3 aromatic heterocycles.